The highest BCUT2D eigenvalue weighted by Crippen LogP contribution is 2.11. The zero-order chi connectivity index (χ0) is 6.69. The normalized spacial score (nSPS) is 28.8. The predicted molar refractivity (Wildman–Crippen MR) is 34.9 cm³/mol. The Morgan fingerprint density at radius 2 is 2.56 bits per heavy atom. The maximum Gasteiger partial charge on any atom is 0.138 e. The molecule has 0 spiro atoms. The molecule has 0 aliphatic carbocycles. The van der Waals surface area contributed by atoms with Crippen molar-refractivity contribution in [2.45, 2.75) is 18.9 Å². The van der Waals surface area contributed by atoms with Gasteiger partial charge in [-0.1, -0.05) is 0 Å². The summed E-state index contributed by atoms with van der Waals surface area (Å²) in [6.45, 7) is 1.000. The summed E-state index contributed by atoms with van der Waals surface area (Å²) < 4.78 is 0. The molecule has 0 aromatic rings. The van der Waals surface area contributed by atoms with Crippen molar-refractivity contribution in [2.75, 3.05) is 13.6 Å². The lowest BCUT2D eigenvalue weighted by atomic mass is 10.2. The van der Waals surface area contributed by atoms with Crippen LogP contribution in [0.5, 0.6) is 0 Å². The summed E-state index contributed by atoms with van der Waals surface area (Å²) in [6.07, 6.45) is 3.14. The molecule has 3 nitrogen and oxygen atoms in total. The third kappa shape index (κ3) is 1.28. The lowest BCUT2D eigenvalue weighted by molar-refractivity contribution is -0.112. The summed E-state index contributed by atoms with van der Waals surface area (Å²) >= 11 is 0. The van der Waals surface area contributed by atoms with Crippen LogP contribution in [-0.2, 0) is 4.79 Å². The minimum atomic E-state index is 0.120. The van der Waals surface area contributed by atoms with Gasteiger partial charge in [-0.2, -0.15) is 0 Å². The van der Waals surface area contributed by atoms with Gasteiger partial charge in [0.2, 0.25) is 0 Å². The molecule has 0 saturated carbocycles. The van der Waals surface area contributed by atoms with E-state index in [2.05, 4.69) is 5.43 Å². The van der Waals surface area contributed by atoms with E-state index in [0.29, 0.717) is 0 Å². The van der Waals surface area contributed by atoms with Gasteiger partial charge in [0.15, 0.2) is 0 Å². The molecule has 1 aliphatic heterocycles. The van der Waals surface area contributed by atoms with Crippen molar-refractivity contribution in [1.29, 1.82) is 0 Å². The average molecular weight is 128 g/mol. The summed E-state index contributed by atoms with van der Waals surface area (Å²) in [4.78, 5) is 10.3. The number of rotatable bonds is 2. The molecular weight excluding hydrogens is 116 g/mol. The Bertz CT molecular complexity index is 105. The fourth-order valence-corrected chi connectivity index (χ4v) is 1.21. The topological polar surface area (TPSA) is 32.3 Å². The number of carbonyl (C=O) groups excluding carboxylic acids is 1. The minimum Gasteiger partial charge on any atom is -0.302 e. The summed E-state index contributed by atoms with van der Waals surface area (Å²) in [6, 6.07) is 0.120. The number of carbonyl (C=O) groups is 1. The molecule has 1 fully saturated rings. The van der Waals surface area contributed by atoms with Crippen molar-refractivity contribution in [3.63, 3.8) is 0 Å². The van der Waals surface area contributed by atoms with Crippen LogP contribution in [0.2, 0.25) is 0 Å². The average Bonchev–Trinajstić information content (AvgIpc) is 2.33. The molecular formula is C6H12N2O. The SMILES string of the molecule is CNN1CCC[C@H]1C=O. The fourth-order valence-electron chi connectivity index (χ4n) is 1.21. The molecule has 0 unspecified atom stereocenters. The number of hydrazine groups is 1. The molecule has 1 rings (SSSR count). The Morgan fingerprint density at radius 1 is 1.78 bits per heavy atom. The molecule has 0 aromatic heterocycles. The van der Waals surface area contributed by atoms with E-state index in [1.807, 2.05) is 12.1 Å². The molecule has 1 aliphatic rings. The molecule has 0 aromatic carbocycles. The first-order valence-corrected chi connectivity index (χ1v) is 3.28. The molecule has 9 heavy (non-hydrogen) atoms. The van der Waals surface area contributed by atoms with Gasteiger partial charge in [0.05, 0.1) is 6.04 Å². The Morgan fingerprint density at radius 3 is 3.00 bits per heavy atom. The van der Waals surface area contributed by atoms with Crippen molar-refractivity contribution in [3.8, 4) is 0 Å². The summed E-state index contributed by atoms with van der Waals surface area (Å²) in [5.74, 6) is 0. The van der Waals surface area contributed by atoms with Crippen molar-refractivity contribution in [1.82, 2.24) is 10.4 Å². The summed E-state index contributed by atoms with van der Waals surface area (Å²) in [5.41, 5.74) is 2.97. The predicted octanol–water partition coefficient (Wildman–Crippen LogP) is -0.216. The van der Waals surface area contributed by atoms with Gasteiger partial charge in [0, 0.05) is 6.54 Å². The molecule has 52 valence electrons. The van der Waals surface area contributed by atoms with E-state index in [4.69, 9.17) is 0 Å². The van der Waals surface area contributed by atoms with Gasteiger partial charge < -0.3 is 4.79 Å². The van der Waals surface area contributed by atoms with Crippen LogP contribution in [0.1, 0.15) is 12.8 Å². The van der Waals surface area contributed by atoms with Crippen LogP contribution in [0.4, 0.5) is 0 Å². The standard InChI is InChI=1S/C6H12N2O/c1-7-8-4-2-3-6(8)5-9/h5-7H,2-4H2,1H3/t6-/m0/s1. The summed E-state index contributed by atoms with van der Waals surface area (Å²) in [5, 5.41) is 1.97. The Kier molecular flexibility index (Phi) is 2.19. The molecule has 0 radical (unpaired) electrons. The van der Waals surface area contributed by atoms with E-state index in [-0.39, 0.29) is 6.04 Å². The highest BCUT2D eigenvalue weighted by Gasteiger charge is 2.21. The van der Waals surface area contributed by atoms with Gasteiger partial charge in [0.25, 0.3) is 0 Å². The molecule has 3 heteroatoms. The van der Waals surface area contributed by atoms with E-state index in [9.17, 15) is 4.79 Å². The van der Waals surface area contributed by atoms with Gasteiger partial charge in [-0.15, -0.1) is 0 Å². The highest BCUT2D eigenvalue weighted by molar-refractivity contribution is 5.57. The number of aldehydes is 1. The molecule has 1 atom stereocenters. The number of nitrogens with zero attached hydrogens (tertiary/aromatic N) is 1. The lowest BCUT2D eigenvalue weighted by Gasteiger charge is -2.17. The monoisotopic (exact) mass is 128 g/mol. The smallest absolute Gasteiger partial charge is 0.138 e. The Balaban J connectivity index is 2.41. The van der Waals surface area contributed by atoms with Gasteiger partial charge >= 0.3 is 0 Å². The van der Waals surface area contributed by atoms with Crippen LogP contribution in [0, 0.1) is 0 Å². The number of nitrogens with one attached hydrogen (secondary N) is 1. The van der Waals surface area contributed by atoms with Crippen LogP contribution in [0.25, 0.3) is 0 Å². The van der Waals surface area contributed by atoms with Gasteiger partial charge in [-0.25, -0.2) is 5.01 Å². The Hall–Kier alpha value is -0.410. The quantitative estimate of drug-likeness (QED) is 0.522. The molecule has 1 N–H and O–H groups in total. The number of hydrogen-bond donors (Lipinski definition) is 1. The first-order valence-electron chi connectivity index (χ1n) is 3.28. The van der Waals surface area contributed by atoms with Crippen molar-refractivity contribution in [2.24, 2.45) is 0 Å². The Labute approximate surface area is 55.0 Å². The van der Waals surface area contributed by atoms with Crippen molar-refractivity contribution < 1.29 is 4.79 Å². The van der Waals surface area contributed by atoms with Gasteiger partial charge in [0.1, 0.15) is 6.29 Å². The van der Waals surface area contributed by atoms with Gasteiger partial charge in [-0.3, -0.25) is 5.43 Å². The van der Waals surface area contributed by atoms with E-state index >= 15 is 0 Å². The largest absolute Gasteiger partial charge is 0.302 e. The molecule has 0 bridgehead atoms. The summed E-state index contributed by atoms with van der Waals surface area (Å²) in [7, 11) is 1.85. The van der Waals surface area contributed by atoms with E-state index in [1.165, 1.54) is 0 Å². The second-order valence-electron chi connectivity index (χ2n) is 2.26. The van der Waals surface area contributed by atoms with Crippen molar-refractivity contribution >= 4 is 6.29 Å². The van der Waals surface area contributed by atoms with Crippen LogP contribution in [0.3, 0.4) is 0 Å². The zero-order valence-corrected chi connectivity index (χ0v) is 5.63. The second kappa shape index (κ2) is 2.94. The van der Waals surface area contributed by atoms with E-state index < -0.39 is 0 Å². The second-order valence-corrected chi connectivity index (χ2v) is 2.26. The van der Waals surface area contributed by atoms with Gasteiger partial charge in [-0.05, 0) is 19.9 Å². The van der Waals surface area contributed by atoms with Crippen LogP contribution < -0.4 is 5.43 Å². The maximum atomic E-state index is 10.3. The van der Waals surface area contributed by atoms with Crippen LogP contribution in [-0.4, -0.2) is 30.9 Å². The minimum absolute atomic E-state index is 0.120. The number of hydrogen-bond acceptors (Lipinski definition) is 3. The first kappa shape index (κ1) is 6.71. The third-order valence-corrected chi connectivity index (χ3v) is 1.74. The zero-order valence-electron chi connectivity index (χ0n) is 5.63. The first-order chi connectivity index (χ1) is 4.38. The van der Waals surface area contributed by atoms with E-state index in [0.717, 1.165) is 25.7 Å². The third-order valence-electron chi connectivity index (χ3n) is 1.74. The molecule has 1 heterocycles. The molecule has 1 saturated heterocycles. The highest BCUT2D eigenvalue weighted by atomic mass is 16.1. The fraction of sp³-hybridized carbons (Fsp3) is 0.833. The lowest BCUT2D eigenvalue weighted by Crippen LogP contribution is -2.39. The van der Waals surface area contributed by atoms with E-state index in [1.54, 1.807) is 0 Å². The maximum absolute atomic E-state index is 10.3. The van der Waals surface area contributed by atoms with Crippen molar-refractivity contribution in [3.05, 3.63) is 0 Å². The van der Waals surface area contributed by atoms with Crippen LogP contribution >= 0.6 is 0 Å². The molecule has 0 amide bonds. The van der Waals surface area contributed by atoms with Crippen LogP contribution in [0.15, 0.2) is 0 Å².